The molecule has 1 heterocycles. The van der Waals surface area contributed by atoms with Gasteiger partial charge in [-0.2, -0.15) is 0 Å². The lowest BCUT2D eigenvalue weighted by atomic mass is 10.0. The molecule has 3 rings (SSSR count). The highest BCUT2D eigenvalue weighted by Crippen LogP contribution is 2.34. The van der Waals surface area contributed by atoms with Crippen LogP contribution in [0.1, 0.15) is 110 Å². The van der Waals surface area contributed by atoms with Crippen LogP contribution < -0.4 is 14.2 Å². The predicted octanol–water partition coefficient (Wildman–Crippen LogP) is 9.71. The summed E-state index contributed by atoms with van der Waals surface area (Å²) in [7, 11) is 0. The number of hydrogen-bond donors (Lipinski definition) is 0. The zero-order chi connectivity index (χ0) is 28.6. The highest BCUT2D eigenvalue weighted by molar-refractivity contribution is 5.77. The molecular formula is C32H46N2O6. The van der Waals surface area contributed by atoms with Gasteiger partial charge in [-0.3, -0.25) is 10.1 Å². The van der Waals surface area contributed by atoms with E-state index in [0.717, 1.165) is 12.8 Å². The summed E-state index contributed by atoms with van der Waals surface area (Å²) in [6.45, 7) is 6.42. The largest absolute Gasteiger partial charge is 0.490 e. The molecule has 3 aromatic rings. The number of unbranched alkanes of at least 4 members (excludes halogenated alkanes) is 13. The number of benzene rings is 2. The molecule has 2 aromatic carbocycles. The van der Waals surface area contributed by atoms with Crippen LogP contribution in [0.15, 0.2) is 40.8 Å². The minimum absolute atomic E-state index is 0.00644. The molecule has 0 fully saturated rings. The van der Waals surface area contributed by atoms with Crippen molar-refractivity contribution in [2.24, 2.45) is 0 Å². The molecule has 8 nitrogen and oxygen atoms in total. The van der Waals surface area contributed by atoms with E-state index in [4.69, 9.17) is 18.6 Å². The zero-order valence-electron chi connectivity index (χ0n) is 24.5. The number of non-ortho nitro benzene ring substituents is 1. The van der Waals surface area contributed by atoms with Crippen LogP contribution in [0, 0.1) is 17.0 Å². The third-order valence-electron chi connectivity index (χ3n) is 6.96. The summed E-state index contributed by atoms with van der Waals surface area (Å²) in [6, 6.07) is 9.51. The van der Waals surface area contributed by atoms with Crippen molar-refractivity contribution in [3.63, 3.8) is 0 Å². The highest BCUT2D eigenvalue weighted by Gasteiger charge is 2.16. The van der Waals surface area contributed by atoms with Crippen LogP contribution in [-0.4, -0.2) is 22.8 Å². The van der Waals surface area contributed by atoms with Gasteiger partial charge in [-0.25, -0.2) is 4.98 Å². The minimum Gasteiger partial charge on any atom is -0.490 e. The summed E-state index contributed by atoms with van der Waals surface area (Å²) < 4.78 is 23.7. The van der Waals surface area contributed by atoms with E-state index in [-0.39, 0.29) is 5.69 Å². The minimum atomic E-state index is -0.657. The molecule has 0 aliphatic rings. The van der Waals surface area contributed by atoms with Crippen molar-refractivity contribution in [2.45, 2.75) is 117 Å². The first-order chi connectivity index (χ1) is 19.5. The second kappa shape index (κ2) is 17.4. The van der Waals surface area contributed by atoms with E-state index in [1.54, 1.807) is 32.0 Å². The first-order valence-corrected chi connectivity index (χ1v) is 15.1. The standard InChI is InChI=1S/C32H46N2O6/c1-4-5-6-7-8-9-10-11-12-13-14-15-16-17-22-37-31-24-30-29(33-25(2)38-30)23-32(31)40-26(3)39-28-20-18-27(19-21-28)34(35)36/h18-21,23-24,26H,4-17,22H2,1-3H3. The third kappa shape index (κ3) is 11.1. The molecular weight excluding hydrogens is 508 g/mol. The lowest BCUT2D eigenvalue weighted by molar-refractivity contribution is -0.384. The lowest BCUT2D eigenvalue weighted by Crippen LogP contribution is -2.20. The molecule has 0 saturated carbocycles. The number of aromatic nitrogens is 1. The first kappa shape index (κ1) is 31.2. The molecule has 1 atom stereocenters. The van der Waals surface area contributed by atoms with Gasteiger partial charge in [0.1, 0.15) is 11.3 Å². The number of nitrogens with zero attached hydrogens (tertiary/aromatic N) is 2. The van der Waals surface area contributed by atoms with Crippen molar-refractivity contribution >= 4 is 16.8 Å². The van der Waals surface area contributed by atoms with E-state index >= 15 is 0 Å². The van der Waals surface area contributed by atoms with Crippen molar-refractivity contribution in [2.75, 3.05) is 6.61 Å². The van der Waals surface area contributed by atoms with E-state index in [1.807, 2.05) is 6.07 Å². The van der Waals surface area contributed by atoms with Gasteiger partial charge < -0.3 is 18.6 Å². The van der Waals surface area contributed by atoms with Gasteiger partial charge in [0.15, 0.2) is 23.0 Å². The van der Waals surface area contributed by atoms with Crippen molar-refractivity contribution in [1.29, 1.82) is 0 Å². The summed E-state index contributed by atoms with van der Waals surface area (Å²) in [6.07, 6.45) is 17.7. The molecule has 0 aliphatic heterocycles. The third-order valence-corrected chi connectivity index (χ3v) is 6.96. The number of fused-ring (bicyclic) bond motifs is 1. The van der Waals surface area contributed by atoms with Crippen molar-refractivity contribution in [3.8, 4) is 17.2 Å². The number of rotatable bonds is 21. The van der Waals surface area contributed by atoms with Crippen LogP contribution in [-0.2, 0) is 0 Å². The monoisotopic (exact) mass is 554 g/mol. The summed E-state index contributed by atoms with van der Waals surface area (Å²) in [5, 5.41) is 10.9. The smallest absolute Gasteiger partial charge is 0.269 e. The average molecular weight is 555 g/mol. The quantitative estimate of drug-likeness (QED) is 0.0559. The van der Waals surface area contributed by atoms with Gasteiger partial charge in [0.2, 0.25) is 6.29 Å². The maximum absolute atomic E-state index is 10.9. The van der Waals surface area contributed by atoms with E-state index in [9.17, 15) is 10.1 Å². The SMILES string of the molecule is CCCCCCCCCCCCCCCCOc1cc2oc(C)nc2cc1OC(C)Oc1ccc([N+](=O)[O-])cc1. The number of nitro benzene ring substituents is 1. The molecule has 0 N–H and O–H groups in total. The van der Waals surface area contributed by atoms with Crippen LogP contribution in [0.2, 0.25) is 0 Å². The summed E-state index contributed by atoms with van der Waals surface area (Å²) in [5.74, 6) is 2.14. The Morgan fingerprint density at radius 1 is 0.825 bits per heavy atom. The normalized spacial score (nSPS) is 12.0. The van der Waals surface area contributed by atoms with Gasteiger partial charge >= 0.3 is 0 Å². The predicted molar refractivity (Wildman–Crippen MR) is 158 cm³/mol. The Bertz CT molecular complexity index is 1140. The number of ether oxygens (including phenoxy) is 3. The molecule has 1 aromatic heterocycles. The second-order valence-electron chi connectivity index (χ2n) is 10.5. The van der Waals surface area contributed by atoms with E-state index in [2.05, 4.69) is 11.9 Å². The molecule has 220 valence electrons. The Balaban J connectivity index is 1.38. The van der Waals surface area contributed by atoms with Gasteiger partial charge in [0, 0.05) is 38.1 Å². The Kier molecular flexibility index (Phi) is 13.6. The number of oxazole rings is 1. The molecule has 0 spiro atoms. The van der Waals surface area contributed by atoms with E-state index in [0.29, 0.717) is 40.8 Å². The molecule has 8 heteroatoms. The lowest BCUT2D eigenvalue weighted by Gasteiger charge is -2.19. The van der Waals surface area contributed by atoms with Crippen molar-refractivity contribution in [1.82, 2.24) is 4.98 Å². The number of hydrogen-bond acceptors (Lipinski definition) is 7. The Hall–Kier alpha value is -3.29. The second-order valence-corrected chi connectivity index (χ2v) is 10.5. The van der Waals surface area contributed by atoms with Gasteiger partial charge in [-0.15, -0.1) is 0 Å². The molecule has 40 heavy (non-hydrogen) atoms. The maximum Gasteiger partial charge on any atom is 0.269 e. The molecule has 0 amide bonds. The molecule has 0 radical (unpaired) electrons. The Labute approximate surface area is 238 Å². The number of nitro groups is 1. The van der Waals surface area contributed by atoms with Crippen LogP contribution in [0.4, 0.5) is 5.69 Å². The van der Waals surface area contributed by atoms with Gasteiger partial charge in [0.25, 0.3) is 5.69 Å². The van der Waals surface area contributed by atoms with Crippen molar-refractivity contribution < 1.29 is 23.6 Å². The van der Waals surface area contributed by atoms with Gasteiger partial charge in [-0.05, 0) is 18.6 Å². The fraction of sp³-hybridized carbons (Fsp3) is 0.594. The molecule has 1 unspecified atom stereocenters. The van der Waals surface area contributed by atoms with Gasteiger partial charge in [-0.1, -0.05) is 90.4 Å². The maximum atomic E-state index is 10.9. The van der Waals surface area contributed by atoms with E-state index < -0.39 is 11.2 Å². The van der Waals surface area contributed by atoms with Crippen LogP contribution in [0.25, 0.3) is 11.1 Å². The first-order valence-electron chi connectivity index (χ1n) is 15.1. The zero-order valence-corrected chi connectivity index (χ0v) is 24.5. The average Bonchev–Trinajstić information content (AvgIpc) is 3.29. The van der Waals surface area contributed by atoms with Crippen molar-refractivity contribution in [3.05, 3.63) is 52.4 Å². The fourth-order valence-electron chi connectivity index (χ4n) is 4.78. The Morgan fingerprint density at radius 2 is 1.40 bits per heavy atom. The topological polar surface area (TPSA) is 96.9 Å². The van der Waals surface area contributed by atoms with Crippen LogP contribution in [0.5, 0.6) is 17.2 Å². The Morgan fingerprint density at radius 3 is 1.98 bits per heavy atom. The molecule has 0 saturated heterocycles. The van der Waals surface area contributed by atoms with Crippen LogP contribution in [0.3, 0.4) is 0 Å². The summed E-state index contributed by atoms with van der Waals surface area (Å²) >= 11 is 0. The molecule has 0 bridgehead atoms. The highest BCUT2D eigenvalue weighted by atomic mass is 16.7. The van der Waals surface area contributed by atoms with Gasteiger partial charge in [0.05, 0.1) is 11.5 Å². The summed E-state index contributed by atoms with van der Waals surface area (Å²) in [5.41, 5.74) is 1.33. The summed E-state index contributed by atoms with van der Waals surface area (Å²) in [4.78, 5) is 14.8. The van der Waals surface area contributed by atoms with E-state index in [1.165, 1.54) is 89.2 Å². The number of aryl methyl sites for hydroxylation is 1. The fourth-order valence-corrected chi connectivity index (χ4v) is 4.78. The van der Waals surface area contributed by atoms with Crippen LogP contribution >= 0.6 is 0 Å². The molecule has 0 aliphatic carbocycles.